The quantitative estimate of drug-likeness (QED) is 0.489. The Bertz CT molecular complexity index is 1200. The molecular formula is C29H29FN2O4. The van der Waals surface area contributed by atoms with Crippen LogP contribution in [0.4, 0.5) is 14.0 Å². The molecule has 1 saturated carbocycles. The van der Waals surface area contributed by atoms with Crippen LogP contribution in [-0.4, -0.2) is 36.3 Å². The molecule has 0 aromatic heterocycles. The number of hydrogen-bond acceptors (Lipinski definition) is 4. The molecule has 1 heterocycles. The van der Waals surface area contributed by atoms with E-state index in [9.17, 15) is 14.0 Å². The van der Waals surface area contributed by atoms with Gasteiger partial charge >= 0.3 is 12.2 Å². The summed E-state index contributed by atoms with van der Waals surface area (Å²) in [6, 6.07) is 23.4. The lowest BCUT2D eigenvalue weighted by molar-refractivity contribution is 0.0470. The Kier molecular flexibility index (Phi) is 7.16. The van der Waals surface area contributed by atoms with Crippen molar-refractivity contribution in [3.63, 3.8) is 0 Å². The third-order valence-electron chi connectivity index (χ3n) is 7.06. The number of carbonyl (C=O) groups is 2. The predicted octanol–water partition coefficient (Wildman–Crippen LogP) is 5.61. The van der Waals surface area contributed by atoms with Gasteiger partial charge in [-0.15, -0.1) is 0 Å². The van der Waals surface area contributed by atoms with Crippen molar-refractivity contribution in [2.75, 3.05) is 13.2 Å². The number of benzene rings is 3. The van der Waals surface area contributed by atoms with Crippen LogP contribution in [0.1, 0.15) is 41.1 Å². The number of nitrogens with zero attached hydrogens (tertiary/aromatic N) is 1. The molecule has 2 aliphatic rings. The minimum Gasteiger partial charge on any atom is -0.449 e. The summed E-state index contributed by atoms with van der Waals surface area (Å²) >= 11 is 0. The second-order valence-corrected chi connectivity index (χ2v) is 9.32. The molecule has 1 N–H and O–H groups in total. The zero-order valence-corrected chi connectivity index (χ0v) is 19.9. The summed E-state index contributed by atoms with van der Waals surface area (Å²) in [5.74, 6) is -0.276. The van der Waals surface area contributed by atoms with Crippen molar-refractivity contribution in [3.8, 4) is 0 Å². The van der Waals surface area contributed by atoms with Crippen molar-refractivity contribution in [1.82, 2.24) is 10.2 Å². The summed E-state index contributed by atoms with van der Waals surface area (Å²) in [5.41, 5.74) is 3.96. The molecule has 3 atom stereocenters. The van der Waals surface area contributed by atoms with Crippen LogP contribution >= 0.6 is 0 Å². The fraction of sp³-hybridized carbons (Fsp3) is 0.310. The van der Waals surface area contributed by atoms with Crippen molar-refractivity contribution in [3.05, 3.63) is 107 Å². The van der Waals surface area contributed by atoms with Crippen LogP contribution in [0, 0.1) is 11.7 Å². The number of ether oxygens (including phenoxy) is 2. The van der Waals surface area contributed by atoms with E-state index in [1.165, 1.54) is 17.7 Å². The van der Waals surface area contributed by atoms with E-state index in [-0.39, 0.29) is 37.0 Å². The van der Waals surface area contributed by atoms with Gasteiger partial charge in [0, 0.05) is 18.5 Å². The molecule has 5 rings (SSSR count). The van der Waals surface area contributed by atoms with Crippen molar-refractivity contribution in [2.24, 2.45) is 5.92 Å². The normalized spacial score (nSPS) is 20.6. The molecule has 1 aliphatic heterocycles. The highest BCUT2D eigenvalue weighted by molar-refractivity contribution is 5.70. The maximum atomic E-state index is 13.6. The van der Waals surface area contributed by atoms with Gasteiger partial charge in [-0.1, -0.05) is 66.7 Å². The van der Waals surface area contributed by atoms with E-state index in [1.807, 2.05) is 48.5 Å². The first-order valence-corrected chi connectivity index (χ1v) is 12.3. The van der Waals surface area contributed by atoms with E-state index in [0.717, 1.165) is 36.0 Å². The summed E-state index contributed by atoms with van der Waals surface area (Å²) in [6.45, 7) is 0.938. The number of rotatable bonds is 6. The highest BCUT2D eigenvalue weighted by Crippen LogP contribution is 2.36. The maximum absolute atomic E-state index is 13.6. The molecule has 0 radical (unpaired) electrons. The Hall–Kier alpha value is -3.87. The largest absolute Gasteiger partial charge is 0.449 e. The Morgan fingerprint density at radius 3 is 2.42 bits per heavy atom. The number of hydrogen-bond donors (Lipinski definition) is 1. The number of alkyl carbamates (subject to hydrolysis) is 1. The maximum Gasteiger partial charge on any atom is 0.410 e. The summed E-state index contributed by atoms with van der Waals surface area (Å²) in [5, 5.41) is 2.89. The minimum atomic E-state index is -0.469. The van der Waals surface area contributed by atoms with Gasteiger partial charge in [0.2, 0.25) is 0 Å². The van der Waals surface area contributed by atoms with Gasteiger partial charge in [-0.25, -0.2) is 14.0 Å². The van der Waals surface area contributed by atoms with E-state index in [2.05, 4.69) is 11.4 Å². The molecular weight excluding hydrogens is 459 g/mol. The highest BCUT2D eigenvalue weighted by atomic mass is 19.1. The molecule has 0 spiro atoms. The van der Waals surface area contributed by atoms with Gasteiger partial charge in [0.15, 0.2) is 0 Å². The summed E-state index contributed by atoms with van der Waals surface area (Å²) in [6.07, 6.45) is 1.53. The van der Waals surface area contributed by atoms with Crippen molar-refractivity contribution in [1.29, 1.82) is 0 Å². The lowest BCUT2D eigenvalue weighted by Crippen LogP contribution is -2.49. The second kappa shape index (κ2) is 10.8. The first-order chi connectivity index (χ1) is 17.6. The molecule has 186 valence electrons. The second-order valence-electron chi connectivity index (χ2n) is 9.32. The van der Waals surface area contributed by atoms with Crippen LogP contribution < -0.4 is 5.32 Å². The third-order valence-corrected chi connectivity index (χ3v) is 7.06. The lowest BCUT2D eigenvalue weighted by atomic mass is 9.80. The minimum absolute atomic E-state index is 0.0413. The fourth-order valence-electron chi connectivity index (χ4n) is 4.90. The van der Waals surface area contributed by atoms with Gasteiger partial charge in [0.25, 0.3) is 0 Å². The molecule has 3 aromatic rings. The Labute approximate surface area is 210 Å². The number of carbonyl (C=O) groups excluding carboxylic acids is 2. The summed E-state index contributed by atoms with van der Waals surface area (Å²) in [7, 11) is 0. The fourth-order valence-corrected chi connectivity index (χ4v) is 4.90. The SMILES string of the molecule is O=C(N[C@H]1CC[C@H]1COC(=O)N1CCc2ccccc2[C@@H]1c1ccc(F)cc1)OCc1ccccc1. The summed E-state index contributed by atoms with van der Waals surface area (Å²) < 4.78 is 24.6. The molecule has 7 heteroatoms. The molecule has 0 saturated heterocycles. The van der Waals surface area contributed by atoms with Crippen molar-refractivity contribution < 1.29 is 23.5 Å². The standard InChI is InChI=1S/C29H29FN2O4/c30-24-13-10-22(11-14-24)27-25-9-5-4-8-21(25)16-17-32(27)29(34)36-19-23-12-15-26(23)31-28(33)35-18-20-6-2-1-3-7-20/h1-11,13-14,23,26-27H,12,15-19H2,(H,31,33)/t23-,26-,27-/m0/s1. The third kappa shape index (κ3) is 5.35. The van der Waals surface area contributed by atoms with Crippen LogP contribution in [0.25, 0.3) is 0 Å². The van der Waals surface area contributed by atoms with Gasteiger partial charge in [0.1, 0.15) is 12.4 Å². The first-order valence-electron chi connectivity index (χ1n) is 12.3. The number of nitrogens with one attached hydrogen (secondary N) is 1. The molecule has 1 aliphatic carbocycles. The van der Waals surface area contributed by atoms with E-state index >= 15 is 0 Å². The van der Waals surface area contributed by atoms with Gasteiger partial charge in [-0.2, -0.15) is 0 Å². The first kappa shape index (κ1) is 23.9. The van der Waals surface area contributed by atoms with Crippen molar-refractivity contribution in [2.45, 2.75) is 38.0 Å². The van der Waals surface area contributed by atoms with Gasteiger partial charge in [-0.3, -0.25) is 4.90 Å². The molecule has 1 fully saturated rings. The zero-order chi connectivity index (χ0) is 24.9. The van der Waals surface area contributed by atoms with E-state index in [0.29, 0.717) is 6.54 Å². The van der Waals surface area contributed by atoms with Crippen LogP contribution in [0.5, 0.6) is 0 Å². The van der Waals surface area contributed by atoms with Crippen LogP contribution in [-0.2, 0) is 22.5 Å². The van der Waals surface area contributed by atoms with E-state index in [1.54, 1.807) is 17.0 Å². The molecule has 2 amide bonds. The molecule has 3 aromatic carbocycles. The van der Waals surface area contributed by atoms with Gasteiger partial charge in [0.05, 0.1) is 12.6 Å². The zero-order valence-electron chi connectivity index (χ0n) is 19.9. The number of amides is 2. The Morgan fingerprint density at radius 1 is 0.917 bits per heavy atom. The van der Waals surface area contributed by atoms with Crippen LogP contribution in [0.2, 0.25) is 0 Å². The topological polar surface area (TPSA) is 67.9 Å². The van der Waals surface area contributed by atoms with Gasteiger partial charge < -0.3 is 14.8 Å². The highest BCUT2D eigenvalue weighted by Gasteiger charge is 2.36. The lowest BCUT2D eigenvalue weighted by Gasteiger charge is -2.39. The molecule has 36 heavy (non-hydrogen) atoms. The predicted molar refractivity (Wildman–Crippen MR) is 133 cm³/mol. The van der Waals surface area contributed by atoms with Gasteiger partial charge in [-0.05, 0) is 53.6 Å². The average Bonchev–Trinajstić information content (AvgIpc) is 2.90. The Morgan fingerprint density at radius 2 is 1.67 bits per heavy atom. The van der Waals surface area contributed by atoms with Crippen LogP contribution in [0.3, 0.4) is 0 Å². The van der Waals surface area contributed by atoms with E-state index in [4.69, 9.17) is 9.47 Å². The van der Waals surface area contributed by atoms with E-state index < -0.39 is 12.2 Å². The summed E-state index contributed by atoms with van der Waals surface area (Å²) in [4.78, 5) is 27.1. The van der Waals surface area contributed by atoms with Crippen molar-refractivity contribution >= 4 is 12.2 Å². The smallest absolute Gasteiger partial charge is 0.410 e. The number of halogens is 1. The van der Waals surface area contributed by atoms with Crippen LogP contribution in [0.15, 0.2) is 78.9 Å². The molecule has 6 nitrogen and oxygen atoms in total. The number of fused-ring (bicyclic) bond motifs is 1. The molecule has 0 bridgehead atoms. The Balaban J connectivity index is 1.18. The average molecular weight is 489 g/mol. The molecule has 0 unspecified atom stereocenters. The monoisotopic (exact) mass is 488 g/mol.